The molecule has 290 valence electrons. The maximum atomic E-state index is 13.7. The molecule has 7 N–H and O–H groups in total. The molecular weight excluding hydrogens is 747 g/mol. The molecule has 3 heterocycles. The zero-order chi connectivity index (χ0) is 38.5. The Bertz CT molecular complexity index is 1760. The van der Waals surface area contributed by atoms with Gasteiger partial charge in [-0.1, -0.05) is 52.1 Å². The first-order chi connectivity index (χ1) is 24.4. The SMILES string of the molecule is CC(C)[C@H](N)C(=O)OCOP(=O)(CS(=O)(=O)C[C@H]1O[C@@H](n2ccc3c(NC4CCCC4)c(C#N)c(Cl)nc32)[C@H](O)[C@@H]1O)OCOC(=O)[C@@H](N)C(C)C. The number of ether oxygens (including phenoxy) is 3. The number of aromatic nitrogens is 2. The Morgan fingerprint density at radius 1 is 1.10 bits per heavy atom. The number of aliphatic hydroxyl groups excluding tert-OH is 2. The van der Waals surface area contributed by atoms with E-state index in [4.69, 9.17) is 46.3 Å². The number of esters is 2. The summed E-state index contributed by atoms with van der Waals surface area (Å²) in [5, 5.41) is 35.5. The van der Waals surface area contributed by atoms with Crippen LogP contribution in [0.25, 0.3) is 11.0 Å². The summed E-state index contributed by atoms with van der Waals surface area (Å²) in [5.74, 6) is -3.45. The molecule has 2 aromatic rings. The molecular formula is C31H46ClN6O12PS. The predicted molar refractivity (Wildman–Crippen MR) is 187 cm³/mol. The normalized spacial score (nSPS) is 22.5. The van der Waals surface area contributed by atoms with Gasteiger partial charge in [-0.3, -0.25) is 23.2 Å². The first-order valence-corrected chi connectivity index (χ1v) is 20.6. The third kappa shape index (κ3) is 9.99. The maximum Gasteiger partial charge on any atom is 0.351 e. The molecule has 0 spiro atoms. The number of nitrogens with two attached hydrogens (primary N) is 2. The smallest absolute Gasteiger partial charge is 0.351 e. The van der Waals surface area contributed by atoms with E-state index in [2.05, 4.69) is 16.4 Å². The summed E-state index contributed by atoms with van der Waals surface area (Å²) < 4.78 is 67.8. The van der Waals surface area contributed by atoms with Crippen molar-refractivity contribution in [3.05, 3.63) is 23.0 Å². The second-order valence-corrected chi connectivity index (χ2v) is 18.5. The summed E-state index contributed by atoms with van der Waals surface area (Å²) in [6, 6.07) is 1.71. The second-order valence-electron chi connectivity index (χ2n) is 13.5. The fourth-order valence-corrected chi connectivity index (χ4v) is 10.1. The molecule has 0 radical (unpaired) electrons. The van der Waals surface area contributed by atoms with Crippen LogP contribution in [0.3, 0.4) is 0 Å². The van der Waals surface area contributed by atoms with Crippen LogP contribution in [0, 0.1) is 23.2 Å². The highest BCUT2D eigenvalue weighted by Crippen LogP contribution is 2.50. The standard InChI is InChI=1S/C31H46ClN6O12PS/c1-16(2)22(34)30(41)46-13-48-51(43,49-14-47-31(42)23(35)17(3)4)15-52(44,45)12-21-25(39)26(40)29(50-21)38-10-9-19-24(36-18-7-5-6-8-18)20(11-33)27(32)37-28(19)38/h9-10,16-18,21-23,25-26,29,39-40H,5-8,12-15,34-35H2,1-4H3,(H,36,37)/t21-,22+,23+,25-,26-,29-/m1/s1. The van der Waals surface area contributed by atoms with Crippen molar-refractivity contribution < 1.29 is 56.0 Å². The summed E-state index contributed by atoms with van der Waals surface area (Å²) in [4.78, 5) is 28.7. The second kappa shape index (κ2) is 17.5. The Balaban J connectivity index is 1.51. The summed E-state index contributed by atoms with van der Waals surface area (Å²) in [6.45, 7) is 4.60. The van der Waals surface area contributed by atoms with E-state index >= 15 is 0 Å². The van der Waals surface area contributed by atoms with E-state index in [-0.39, 0.29) is 34.2 Å². The van der Waals surface area contributed by atoms with Crippen LogP contribution in [0.2, 0.25) is 5.15 Å². The molecule has 18 nitrogen and oxygen atoms in total. The number of anilines is 1. The third-order valence-corrected chi connectivity index (χ3v) is 13.8. The Morgan fingerprint density at radius 2 is 1.65 bits per heavy atom. The van der Waals surface area contributed by atoms with Gasteiger partial charge in [0.25, 0.3) is 0 Å². The minimum atomic E-state index is -4.77. The van der Waals surface area contributed by atoms with Gasteiger partial charge in [-0.25, -0.2) is 13.4 Å². The fraction of sp³-hybridized carbons (Fsp3) is 0.677. The lowest BCUT2D eigenvalue weighted by Gasteiger charge is -2.21. The molecule has 0 bridgehead atoms. The number of nitriles is 1. The van der Waals surface area contributed by atoms with Gasteiger partial charge < -0.3 is 45.8 Å². The number of aliphatic hydroxyl groups is 2. The lowest BCUT2D eigenvalue weighted by atomic mass is 10.1. The van der Waals surface area contributed by atoms with Crippen molar-refractivity contribution >= 4 is 57.7 Å². The van der Waals surface area contributed by atoms with Crippen molar-refractivity contribution in [1.82, 2.24) is 9.55 Å². The molecule has 1 saturated carbocycles. The van der Waals surface area contributed by atoms with Crippen LogP contribution >= 0.6 is 19.2 Å². The number of carbonyl (C=O) groups is 2. The Kier molecular flexibility index (Phi) is 14.1. The molecule has 52 heavy (non-hydrogen) atoms. The lowest BCUT2D eigenvalue weighted by molar-refractivity contribution is -0.154. The molecule has 4 rings (SSSR count). The summed E-state index contributed by atoms with van der Waals surface area (Å²) in [6.07, 6.45) is -0.951. The van der Waals surface area contributed by atoms with Crippen LogP contribution in [-0.2, 0) is 47.2 Å². The van der Waals surface area contributed by atoms with Crippen molar-refractivity contribution in [2.75, 3.05) is 30.1 Å². The maximum absolute atomic E-state index is 13.7. The topological polar surface area (TPSA) is 278 Å². The summed E-state index contributed by atoms with van der Waals surface area (Å²) >= 11 is 6.40. The molecule has 0 amide bonds. The van der Waals surface area contributed by atoms with E-state index in [0.717, 1.165) is 25.7 Å². The number of hydrogen-bond acceptors (Lipinski definition) is 17. The number of fused-ring (bicyclic) bond motifs is 1. The Labute approximate surface area is 306 Å². The van der Waals surface area contributed by atoms with Gasteiger partial charge in [-0.15, -0.1) is 0 Å². The highest BCUT2D eigenvalue weighted by atomic mass is 35.5. The van der Waals surface area contributed by atoms with E-state index in [1.165, 1.54) is 10.8 Å². The average Bonchev–Trinajstić information content (AvgIpc) is 3.80. The van der Waals surface area contributed by atoms with Gasteiger partial charge in [0.15, 0.2) is 26.7 Å². The van der Waals surface area contributed by atoms with Crippen LogP contribution in [0.1, 0.15) is 65.2 Å². The van der Waals surface area contributed by atoms with Crippen molar-refractivity contribution in [3.8, 4) is 6.07 Å². The van der Waals surface area contributed by atoms with Gasteiger partial charge in [0.05, 0.1) is 11.4 Å². The van der Waals surface area contributed by atoms with Gasteiger partial charge in [-0.2, -0.15) is 5.26 Å². The third-order valence-electron chi connectivity index (χ3n) is 8.90. The number of halogens is 1. The minimum Gasteiger partial charge on any atom is -0.437 e. The Hall–Kier alpha value is -2.89. The lowest BCUT2D eigenvalue weighted by Crippen LogP contribution is -2.38. The number of pyridine rings is 1. The van der Waals surface area contributed by atoms with E-state index < -0.39 is 90.8 Å². The van der Waals surface area contributed by atoms with Crippen molar-refractivity contribution in [2.45, 2.75) is 96.0 Å². The van der Waals surface area contributed by atoms with Gasteiger partial charge in [0.2, 0.25) is 13.6 Å². The molecule has 2 fully saturated rings. The number of rotatable bonds is 17. The van der Waals surface area contributed by atoms with Crippen molar-refractivity contribution in [1.29, 1.82) is 5.26 Å². The average molecular weight is 793 g/mol. The van der Waals surface area contributed by atoms with Crippen LogP contribution in [0.15, 0.2) is 12.3 Å². The summed E-state index contributed by atoms with van der Waals surface area (Å²) in [5.41, 5.74) is 11.0. The van der Waals surface area contributed by atoms with Gasteiger partial charge in [-0.05, 0) is 30.7 Å². The molecule has 21 heteroatoms. The molecule has 6 atom stereocenters. The largest absolute Gasteiger partial charge is 0.437 e. The van der Waals surface area contributed by atoms with Crippen molar-refractivity contribution in [2.24, 2.45) is 23.3 Å². The molecule has 1 aliphatic carbocycles. The van der Waals surface area contributed by atoms with E-state index in [1.54, 1.807) is 33.8 Å². The first kappa shape index (κ1) is 41.9. The predicted octanol–water partition coefficient (Wildman–Crippen LogP) is 2.10. The molecule has 2 aliphatic rings. The minimum absolute atomic E-state index is 0.105. The molecule has 1 saturated heterocycles. The van der Waals surface area contributed by atoms with Gasteiger partial charge in [0, 0.05) is 17.6 Å². The number of carbonyl (C=O) groups excluding carboxylic acids is 2. The first-order valence-electron chi connectivity index (χ1n) is 16.7. The van der Waals surface area contributed by atoms with Crippen LogP contribution in [0.4, 0.5) is 5.69 Å². The van der Waals surface area contributed by atoms with E-state index in [0.29, 0.717) is 11.1 Å². The number of sulfone groups is 1. The number of nitrogens with zero attached hydrogens (tertiary/aromatic N) is 3. The van der Waals surface area contributed by atoms with Crippen LogP contribution < -0.4 is 16.8 Å². The number of nitrogens with one attached hydrogen (secondary N) is 1. The van der Waals surface area contributed by atoms with Gasteiger partial charge >= 0.3 is 19.5 Å². The zero-order valence-electron chi connectivity index (χ0n) is 29.2. The molecule has 0 unspecified atom stereocenters. The highest BCUT2D eigenvalue weighted by Gasteiger charge is 2.47. The van der Waals surface area contributed by atoms with Crippen molar-refractivity contribution in [3.63, 3.8) is 0 Å². The monoisotopic (exact) mass is 792 g/mol. The fourth-order valence-electron chi connectivity index (χ4n) is 5.69. The Morgan fingerprint density at radius 3 is 2.17 bits per heavy atom. The quantitative estimate of drug-likeness (QED) is 0.0664. The van der Waals surface area contributed by atoms with Gasteiger partial charge in [0.1, 0.15) is 47.7 Å². The van der Waals surface area contributed by atoms with E-state index in [1.807, 2.05) is 0 Å². The molecule has 2 aromatic heterocycles. The molecule has 0 aromatic carbocycles. The highest BCUT2D eigenvalue weighted by molar-refractivity contribution is 7.97. The van der Waals surface area contributed by atoms with E-state index in [9.17, 15) is 38.0 Å². The summed E-state index contributed by atoms with van der Waals surface area (Å²) in [7, 11) is -9.31. The zero-order valence-corrected chi connectivity index (χ0v) is 31.7. The molecule has 1 aliphatic heterocycles. The number of hydrogen-bond donors (Lipinski definition) is 5. The van der Waals surface area contributed by atoms with Crippen LogP contribution in [0.5, 0.6) is 0 Å². The van der Waals surface area contributed by atoms with Crippen LogP contribution in [-0.4, -0.2) is 101 Å².